The van der Waals surface area contributed by atoms with Crippen LogP contribution in [0.1, 0.15) is 0 Å². The van der Waals surface area contributed by atoms with Gasteiger partial charge in [0.15, 0.2) is 0 Å². The minimum atomic E-state index is 1.05. The predicted molar refractivity (Wildman–Crippen MR) is 211 cm³/mol. The molecule has 0 saturated carbocycles. The molecule has 0 aliphatic carbocycles. The molecule has 0 bridgehead atoms. The zero-order chi connectivity index (χ0) is 33.0. The van der Waals surface area contributed by atoms with Crippen LogP contribution in [0.25, 0.3) is 98.4 Å². The van der Waals surface area contributed by atoms with E-state index in [-0.39, 0.29) is 0 Å². The Balaban J connectivity index is 1.26. The molecule has 8 aromatic carbocycles. The number of aromatic nitrogens is 2. The maximum Gasteiger partial charge on any atom is 0.0353 e. The Bertz CT molecular complexity index is 2930. The standard InChI is InChI=1S/C48H30N2/c1-3-11-33-23-36(19-17-31(33)9-1)47-42-15-7-8-16-43(42)48(37-20-18-32-10-2-4-12-34(32)24-37)45-26-35(21-22-44(45)47)39-25-40(29-49-28-39)46-30-50-27-38-13-5-6-14-41(38)46/h1-30H. The molecule has 0 saturated heterocycles. The highest BCUT2D eigenvalue weighted by Gasteiger charge is 2.18. The number of nitrogens with zero attached hydrogens (tertiary/aromatic N) is 2. The molecule has 0 aliphatic rings. The van der Waals surface area contributed by atoms with Gasteiger partial charge in [0, 0.05) is 46.9 Å². The fraction of sp³-hybridized carbons (Fsp3) is 0. The second-order valence-corrected chi connectivity index (χ2v) is 13.1. The summed E-state index contributed by atoms with van der Waals surface area (Å²) in [5.74, 6) is 0. The van der Waals surface area contributed by atoms with Crippen LogP contribution >= 0.6 is 0 Å². The van der Waals surface area contributed by atoms with Crippen LogP contribution in [0.3, 0.4) is 0 Å². The van der Waals surface area contributed by atoms with Crippen molar-refractivity contribution in [3.05, 3.63) is 183 Å². The van der Waals surface area contributed by atoms with E-state index in [1.807, 2.05) is 24.8 Å². The Hall–Kier alpha value is -6.64. The summed E-state index contributed by atoms with van der Waals surface area (Å²) in [6.07, 6.45) is 7.79. The molecule has 0 N–H and O–H groups in total. The van der Waals surface area contributed by atoms with Gasteiger partial charge < -0.3 is 0 Å². The van der Waals surface area contributed by atoms with Gasteiger partial charge in [0.25, 0.3) is 0 Å². The maximum absolute atomic E-state index is 4.76. The van der Waals surface area contributed by atoms with Crippen LogP contribution in [-0.2, 0) is 0 Å². The minimum absolute atomic E-state index is 1.05. The van der Waals surface area contributed by atoms with Crippen molar-refractivity contribution >= 4 is 53.9 Å². The first kappa shape index (κ1) is 28.4. The molecule has 2 heterocycles. The Morgan fingerprint density at radius 1 is 0.260 bits per heavy atom. The summed E-state index contributed by atoms with van der Waals surface area (Å²) >= 11 is 0. The van der Waals surface area contributed by atoms with Gasteiger partial charge in [-0.1, -0.05) is 133 Å². The van der Waals surface area contributed by atoms with E-state index in [1.54, 1.807) is 0 Å². The minimum Gasteiger partial charge on any atom is -0.263 e. The van der Waals surface area contributed by atoms with Gasteiger partial charge in [-0.25, -0.2) is 0 Å². The van der Waals surface area contributed by atoms with E-state index in [2.05, 4.69) is 163 Å². The number of rotatable bonds is 4. The van der Waals surface area contributed by atoms with E-state index in [1.165, 1.54) is 70.7 Å². The zero-order valence-corrected chi connectivity index (χ0v) is 27.2. The van der Waals surface area contributed by atoms with Gasteiger partial charge in [0.05, 0.1) is 0 Å². The smallest absolute Gasteiger partial charge is 0.0353 e. The number of benzene rings is 8. The molecule has 0 unspecified atom stereocenters. The highest BCUT2D eigenvalue weighted by molar-refractivity contribution is 6.22. The summed E-state index contributed by atoms with van der Waals surface area (Å²) in [4.78, 5) is 9.31. The van der Waals surface area contributed by atoms with Gasteiger partial charge in [-0.2, -0.15) is 0 Å². The van der Waals surface area contributed by atoms with E-state index in [0.29, 0.717) is 0 Å². The summed E-state index contributed by atoms with van der Waals surface area (Å²) in [7, 11) is 0. The molecule has 0 amide bonds. The first-order valence-electron chi connectivity index (χ1n) is 17.0. The SMILES string of the molecule is c1ccc2cc(-c3c4ccccc4c(-c4ccc5ccccc5c4)c4cc(-c5cncc(-c6cncc7ccccc67)c5)ccc34)ccc2c1. The van der Waals surface area contributed by atoms with E-state index in [4.69, 9.17) is 4.98 Å². The van der Waals surface area contributed by atoms with Crippen molar-refractivity contribution in [3.8, 4) is 44.5 Å². The molecular formula is C48H30N2. The van der Waals surface area contributed by atoms with Gasteiger partial charge in [0.1, 0.15) is 0 Å². The molecule has 0 aliphatic heterocycles. The highest BCUT2D eigenvalue weighted by Crippen LogP contribution is 2.46. The van der Waals surface area contributed by atoms with Crippen molar-refractivity contribution in [2.75, 3.05) is 0 Å². The molecule has 232 valence electrons. The number of fused-ring (bicyclic) bond motifs is 5. The first-order chi connectivity index (χ1) is 24.8. The molecule has 10 rings (SSSR count). The van der Waals surface area contributed by atoms with Crippen molar-refractivity contribution in [2.45, 2.75) is 0 Å². The lowest BCUT2D eigenvalue weighted by molar-refractivity contribution is 1.31. The molecule has 2 aromatic heterocycles. The van der Waals surface area contributed by atoms with Crippen molar-refractivity contribution in [2.24, 2.45) is 0 Å². The van der Waals surface area contributed by atoms with Crippen LogP contribution < -0.4 is 0 Å². The summed E-state index contributed by atoms with van der Waals surface area (Å²) in [5, 5.41) is 12.2. The predicted octanol–water partition coefficient (Wildman–Crippen LogP) is 12.9. The summed E-state index contributed by atoms with van der Waals surface area (Å²) < 4.78 is 0. The van der Waals surface area contributed by atoms with Gasteiger partial charge >= 0.3 is 0 Å². The summed E-state index contributed by atoms with van der Waals surface area (Å²) in [6.45, 7) is 0. The second kappa shape index (κ2) is 11.5. The second-order valence-electron chi connectivity index (χ2n) is 13.1. The molecule has 50 heavy (non-hydrogen) atoms. The zero-order valence-electron chi connectivity index (χ0n) is 27.2. The average Bonchev–Trinajstić information content (AvgIpc) is 3.19. The molecule has 0 radical (unpaired) electrons. The van der Waals surface area contributed by atoms with E-state index in [9.17, 15) is 0 Å². The van der Waals surface area contributed by atoms with Crippen molar-refractivity contribution in [1.29, 1.82) is 0 Å². The third-order valence-electron chi connectivity index (χ3n) is 10.2. The molecule has 2 heteroatoms. The van der Waals surface area contributed by atoms with Crippen LogP contribution in [0.2, 0.25) is 0 Å². The first-order valence-corrected chi connectivity index (χ1v) is 17.0. The van der Waals surface area contributed by atoms with Crippen LogP contribution in [0.15, 0.2) is 183 Å². The molecule has 0 atom stereocenters. The van der Waals surface area contributed by atoms with Gasteiger partial charge in [0.2, 0.25) is 0 Å². The van der Waals surface area contributed by atoms with Crippen molar-refractivity contribution in [3.63, 3.8) is 0 Å². The monoisotopic (exact) mass is 634 g/mol. The Morgan fingerprint density at radius 2 is 0.760 bits per heavy atom. The molecule has 2 nitrogen and oxygen atoms in total. The Morgan fingerprint density at radius 3 is 1.44 bits per heavy atom. The average molecular weight is 635 g/mol. The maximum atomic E-state index is 4.76. The van der Waals surface area contributed by atoms with Gasteiger partial charge in [-0.15, -0.1) is 0 Å². The highest BCUT2D eigenvalue weighted by atomic mass is 14.6. The lowest BCUT2D eigenvalue weighted by atomic mass is 9.84. The molecule has 10 aromatic rings. The van der Waals surface area contributed by atoms with Crippen LogP contribution in [0.5, 0.6) is 0 Å². The fourth-order valence-corrected chi connectivity index (χ4v) is 7.76. The van der Waals surface area contributed by atoms with Crippen LogP contribution in [0, 0.1) is 0 Å². The third kappa shape index (κ3) is 4.65. The normalized spacial score (nSPS) is 11.6. The molecule has 0 spiro atoms. The van der Waals surface area contributed by atoms with E-state index in [0.717, 1.165) is 27.6 Å². The lowest BCUT2D eigenvalue weighted by Crippen LogP contribution is -1.92. The lowest BCUT2D eigenvalue weighted by Gasteiger charge is -2.19. The Kier molecular flexibility index (Phi) is 6.53. The van der Waals surface area contributed by atoms with Crippen molar-refractivity contribution < 1.29 is 0 Å². The number of pyridine rings is 2. The number of hydrogen-bond donors (Lipinski definition) is 0. The topological polar surface area (TPSA) is 25.8 Å². The number of hydrogen-bond acceptors (Lipinski definition) is 2. The third-order valence-corrected chi connectivity index (χ3v) is 10.2. The quantitative estimate of drug-likeness (QED) is 0.180. The molecular weight excluding hydrogens is 605 g/mol. The largest absolute Gasteiger partial charge is 0.263 e. The van der Waals surface area contributed by atoms with Crippen LogP contribution in [-0.4, -0.2) is 9.97 Å². The van der Waals surface area contributed by atoms with E-state index < -0.39 is 0 Å². The van der Waals surface area contributed by atoms with E-state index >= 15 is 0 Å². The molecule has 0 fully saturated rings. The van der Waals surface area contributed by atoms with Gasteiger partial charge in [-0.05, 0) is 101 Å². The van der Waals surface area contributed by atoms with Crippen molar-refractivity contribution in [1.82, 2.24) is 9.97 Å². The fourth-order valence-electron chi connectivity index (χ4n) is 7.76. The Labute approximate surface area is 290 Å². The van der Waals surface area contributed by atoms with Gasteiger partial charge in [-0.3, -0.25) is 9.97 Å². The van der Waals surface area contributed by atoms with Crippen LogP contribution in [0.4, 0.5) is 0 Å². The summed E-state index contributed by atoms with van der Waals surface area (Å²) in [5.41, 5.74) is 9.26. The summed E-state index contributed by atoms with van der Waals surface area (Å²) in [6, 6.07) is 57.4.